The predicted octanol–water partition coefficient (Wildman–Crippen LogP) is 3.59. The lowest BCUT2D eigenvalue weighted by Crippen LogP contribution is -2.38. The number of aromatic hydroxyl groups is 1. The van der Waals surface area contributed by atoms with Gasteiger partial charge in [0.2, 0.25) is 0 Å². The number of ether oxygens (including phenoxy) is 2. The summed E-state index contributed by atoms with van der Waals surface area (Å²) in [5, 5.41) is 16.2. The third kappa shape index (κ3) is 8.69. The monoisotopic (exact) mass is 499 g/mol. The van der Waals surface area contributed by atoms with Gasteiger partial charge >= 0.3 is 0 Å². The average Bonchev–Trinajstić information content (AvgIpc) is 2.69. The molecule has 0 saturated heterocycles. The van der Waals surface area contributed by atoms with Crippen molar-refractivity contribution in [3.8, 4) is 17.2 Å². The molecule has 154 valence electrons. The molecular weight excluding hydrogens is 469 g/mol. The van der Waals surface area contributed by atoms with Crippen LogP contribution in [-0.4, -0.2) is 44.4 Å². The predicted molar refractivity (Wildman–Crippen MR) is 124 cm³/mol. The van der Waals surface area contributed by atoms with Gasteiger partial charge in [-0.2, -0.15) is 0 Å². The molecule has 0 spiro atoms. The lowest BCUT2D eigenvalue weighted by Gasteiger charge is -2.12. The molecule has 0 aliphatic heterocycles. The number of aliphatic imine (C=N–C) groups is 1. The Morgan fingerprint density at radius 1 is 1.11 bits per heavy atom. The number of para-hydroxylation sites is 1. The van der Waals surface area contributed by atoms with Crippen molar-refractivity contribution in [1.29, 1.82) is 0 Å². The first kappa shape index (κ1) is 23.9. The van der Waals surface area contributed by atoms with Gasteiger partial charge < -0.3 is 25.2 Å². The summed E-state index contributed by atoms with van der Waals surface area (Å²) in [6, 6.07) is 15.2. The molecule has 0 aliphatic rings. The molecule has 0 amide bonds. The van der Waals surface area contributed by atoms with E-state index < -0.39 is 0 Å². The van der Waals surface area contributed by atoms with Crippen LogP contribution >= 0.6 is 24.0 Å². The SMILES string of the molecule is CCNC(=NCCCOc1ccccc1)NCCc1ccc(O)c(OC)c1.I. The van der Waals surface area contributed by atoms with Crippen molar-refractivity contribution in [1.82, 2.24) is 10.6 Å². The van der Waals surface area contributed by atoms with E-state index in [2.05, 4.69) is 15.6 Å². The molecule has 0 aromatic heterocycles. The highest BCUT2D eigenvalue weighted by Crippen LogP contribution is 2.26. The van der Waals surface area contributed by atoms with E-state index in [-0.39, 0.29) is 29.7 Å². The van der Waals surface area contributed by atoms with E-state index in [0.717, 1.165) is 43.2 Å². The Morgan fingerprint density at radius 3 is 2.61 bits per heavy atom. The molecule has 2 aromatic carbocycles. The van der Waals surface area contributed by atoms with Gasteiger partial charge in [0, 0.05) is 26.1 Å². The Balaban J connectivity index is 0.00000392. The summed E-state index contributed by atoms with van der Waals surface area (Å²) in [6.45, 7) is 4.91. The third-order valence-electron chi connectivity index (χ3n) is 3.88. The Labute approximate surface area is 184 Å². The topological polar surface area (TPSA) is 75.1 Å². The molecule has 0 bridgehead atoms. The van der Waals surface area contributed by atoms with Crippen LogP contribution in [0.4, 0.5) is 0 Å². The Morgan fingerprint density at radius 2 is 1.89 bits per heavy atom. The number of halogens is 1. The van der Waals surface area contributed by atoms with E-state index in [1.807, 2.05) is 49.4 Å². The fraction of sp³-hybridized carbons (Fsp3) is 0.381. The lowest BCUT2D eigenvalue weighted by atomic mass is 10.1. The molecular formula is C21H30IN3O3. The number of benzene rings is 2. The number of phenolic OH excluding ortho intramolecular Hbond substituents is 1. The van der Waals surface area contributed by atoms with E-state index >= 15 is 0 Å². The average molecular weight is 499 g/mol. The first-order chi connectivity index (χ1) is 13.2. The van der Waals surface area contributed by atoms with Crippen molar-refractivity contribution in [2.45, 2.75) is 19.8 Å². The Kier molecular flexibility index (Phi) is 11.9. The number of hydrogen-bond donors (Lipinski definition) is 3. The molecule has 0 unspecified atom stereocenters. The second-order valence-corrected chi connectivity index (χ2v) is 5.96. The maximum atomic E-state index is 9.65. The van der Waals surface area contributed by atoms with Gasteiger partial charge in [-0.3, -0.25) is 4.99 Å². The molecule has 0 fully saturated rings. The highest BCUT2D eigenvalue weighted by atomic mass is 127. The highest BCUT2D eigenvalue weighted by Gasteiger charge is 2.03. The molecule has 2 rings (SSSR count). The van der Waals surface area contributed by atoms with E-state index in [4.69, 9.17) is 9.47 Å². The molecule has 0 radical (unpaired) electrons. The molecule has 2 aromatic rings. The van der Waals surface area contributed by atoms with Crippen LogP contribution in [0.25, 0.3) is 0 Å². The second-order valence-electron chi connectivity index (χ2n) is 5.96. The van der Waals surface area contributed by atoms with Gasteiger partial charge in [0.1, 0.15) is 5.75 Å². The van der Waals surface area contributed by atoms with Crippen LogP contribution in [0.15, 0.2) is 53.5 Å². The van der Waals surface area contributed by atoms with E-state index in [1.54, 1.807) is 13.2 Å². The Hall–Kier alpha value is -2.16. The summed E-state index contributed by atoms with van der Waals surface area (Å²) in [5.41, 5.74) is 1.09. The van der Waals surface area contributed by atoms with Crippen LogP contribution in [-0.2, 0) is 6.42 Å². The molecule has 6 nitrogen and oxygen atoms in total. The van der Waals surface area contributed by atoms with Crippen molar-refractivity contribution in [2.24, 2.45) is 4.99 Å². The van der Waals surface area contributed by atoms with Crippen molar-refractivity contribution in [3.05, 3.63) is 54.1 Å². The zero-order valence-corrected chi connectivity index (χ0v) is 18.8. The van der Waals surface area contributed by atoms with E-state index in [9.17, 15) is 5.11 Å². The van der Waals surface area contributed by atoms with E-state index in [1.165, 1.54) is 0 Å². The maximum Gasteiger partial charge on any atom is 0.191 e. The standard InChI is InChI=1S/C21H29N3O3.HI/c1-3-22-21(23-13-7-15-27-18-8-5-4-6-9-18)24-14-12-17-10-11-19(25)20(16-17)26-2;/h4-6,8-11,16,25H,3,7,12-15H2,1-2H3,(H2,22,23,24);1H. The minimum Gasteiger partial charge on any atom is -0.504 e. The van der Waals surface area contributed by atoms with Crippen LogP contribution in [0.2, 0.25) is 0 Å². The summed E-state index contributed by atoms with van der Waals surface area (Å²) in [4.78, 5) is 4.57. The zero-order chi connectivity index (χ0) is 19.3. The largest absolute Gasteiger partial charge is 0.504 e. The molecule has 0 aliphatic carbocycles. The van der Waals surface area contributed by atoms with Gasteiger partial charge in [-0.05, 0) is 43.2 Å². The van der Waals surface area contributed by atoms with Crippen LogP contribution in [0.1, 0.15) is 18.9 Å². The first-order valence-corrected chi connectivity index (χ1v) is 9.29. The van der Waals surface area contributed by atoms with E-state index in [0.29, 0.717) is 18.9 Å². The quantitative estimate of drug-likeness (QED) is 0.202. The van der Waals surface area contributed by atoms with Gasteiger partial charge in [-0.25, -0.2) is 0 Å². The second kappa shape index (κ2) is 13.9. The summed E-state index contributed by atoms with van der Waals surface area (Å²) < 4.78 is 10.8. The fourth-order valence-corrected chi connectivity index (χ4v) is 2.51. The summed E-state index contributed by atoms with van der Waals surface area (Å²) in [5.74, 6) is 2.33. The number of guanidine groups is 1. The van der Waals surface area contributed by atoms with Crippen LogP contribution < -0.4 is 20.1 Å². The van der Waals surface area contributed by atoms with Gasteiger partial charge in [0.15, 0.2) is 17.5 Å². The molecule has 7 heteroatoms. The number of phenols is 1. The fourth-order valence-electron chi connectivity index (χ4n) is 2.51. The summed E-state index contributed by atoms with van der Waals surface area (Å²) >= 11 is 0. The normalized spacial score (nSPS) is 10.7. The van der Waals surface area contributed by atoms with Crippen LogP contribution in [0.5, 0.6) is 17.2 Å². The number of nitrogens with one attached hydrogen (secondary N) is 2. The Bertz CT molecular complexity index is 711. The van der Waals surface area contributed by atoms with Gasteiger partial charge in [0.05, 0.1) is 13.7 Å². The van der Waals surface area contributed by atoms with Gasteiger partial charge in [-0.15, -0.1) is 24.0 Å². The highest BCUT2D eigenvalue weighted by molar-refractivity contribution is 14.0. The third-order valence-corrected chi connectivity index (χ3v) is 3.88. The molecule has 0 atom stereocenters. The number of methoxy groups -OCH3 is 1. The molecule has 3 N–H and O–H groups in total. The van der Waals surface area contributed by atoms with Crippen molar-refractivity contribution < 1.29 is 14.6 Å². The number of hydrogen-bond acceptors (Lipinski definition) is 4. The molecule has 0 heterocycles. The van der Waals surface area contributed by atoms with Crippen molar-refractivity contribution >= 4 is 29.9 Å². The smallest absolute Gasteiger partial charge is 0.191 e. The minimum atomic E-state index is 0. The molecule has 0 saturated carbocycles. The summed E-state index contributed by atoms with van der Waals surface area (Å²) in [6.07, 6.45) is 1.65. The lowest BCUT2D eigenvalue weighted by molar-refractivity contribution is 0.313. The maximum absolute atomic E-state index is 9.65. The molecule has 28 heavy (non-hydrogen) atoms. The van der Waals surface area contributed by atoms with Crippen molar-refractivity contribution in [3.63, 3.8) is 0 Å². The summed E-state index contributed by atoms with van der Waals surface area (Å²) in [7, 11) is 1.55. The first-order valence-electron chi connectivity index (χ1n) is 9.29. The van der Waals surface area contributed by atoms with Crippen LogP contribution in [0, 0.1) is 0 Å². The minimum absolute atomic E-state index is 0. The van der Waals surface area contributed by atoms with Crippen molar-refractivity contribution in [2.75, 3.05) is 33.4 Å². The zero-order valence-electron chi connectivity index (χ0n) is 16.5. The van der Waals surface area contributed by atoms with Gasteiger partial charge in [-0.1, -0.05) is 24.3 Å². The number of rotatable bonds is 10. The van der Waals surface area contributed by atoms with Crippen LogP contribution in [0.3, 0.4) is 0 Å². The number of nitrogens with zero attached hydrogens (tertiary/aromatic N) is 1. The van der Waals surface area contributed by atoms with Gasteiger partial charge in [0.25, 0.3) is 0 Å².